The Hall–Kier alpha value is -2.44. The average molecular weight is 235 g/mol. The van der Waals surface area contributed by atoms with Gasteiger partial charge in [-0.1, -0.05) is 0 Å². The summed E-state index contributed by atoms with van der Waals surface area (Å²) < 4.78 is 14.5. The molecule has 3 N–H and O–H groups in total. The SMILES string of the molecule is Nc1cnn(CC(=O)Nc2ccncc2F)c1. The molecule has 0 fully saturated rings. The lowest BCUT2D eigenvalue weighted by Gasteiger charge is -2.05. The summed E-state index contributed by atoms with van der Waals surface area (Å²) in [5.41, 5.74) is 6.00. The maximum Gasteiger partial charge on any atom is 0.246 e. The highest BCUT2D eigenvalue weighted by Gasteiger charge is 2.07. The zero-order valence-electron chi connectivity index (χ0n) is 8.80. The normalized spacial score (nSPS) is 10.2. The molecule has 0 atom stereocenters. The van der Waals surface area contributed by atoms with E-state index in [-0.39, 0.29) is 12.2 Å². The molecule has 0 aliphatic rings. The molecule has 0 saturated carbocycles. The van der Waals surface area contributed by atoms with Crippen LogP contribution in [0, 0.1) is 5.82 Å². The van der Waals surface area contributed by atoms with Crippen LogP contribution in [0.1, 0.15) is 0 Å². The van der Waals surface area contributed by atoms with E-state index >= 15 is 0 Å². The maximum atomic E-state index is 13.2. The Morgan fingerprint density at radius 3 is 3.00 bits per heavy atom. The van der Waals surface area contributed by atoms with Gasteiger partial charge in [0, 0.05) is 12.4 Å². The van der Waals surface area contributed by atoms with Crippen molar-refractivity contribution in [1.82, 2.24) is 14.8 Å². The van der Waals surface area contributed by atoms with Gasteiger partial charge in [-0.2, -0.15) is 5.10 Å². The van der Waals surface area contributed by atoms with Crippen LogP contribution in [-0.2, 0) is 11.3 Å². The lowest BCUT2D eigenvalue weighted by atomic mass is 10.4. The van der Waals surface area contributed by atoms with Crippen LogP contribution < -0.4 is 11.1 Å². The average Bonchev–Trinajstić information content (AvgIpc) is 2.67. The lowest BCUT2D eigenvalue weighted by molar-refractivity contribution is -0.116. The second-order valence-electron chi connectivity index (χ2n) is 3.37. The number of amides is 1. The largest absolute Gasteiger partial charge is 0.396 e. The van der Waals surface area contributed by atoms with Gasteiger partial charge in [0.15, 0.2) is 5.82 Å². The first kappa shape index (κ1) is 11.1. The molecule has 0 aliphatic heterocycles. The highest BCUT2D eigenvalue weighted by molar-refractivity contribution is 5.90. The molecule has 2 aromatic heterocycles. The van der Waals surface area contributed by atoms with Crippen molar-refractivity contribution in [3.05, 3.63) is 36.7 Å². The van der Waals surface area contributed by atoms with Gasteiger partial charge in [0.05, 0.1) is 23.8 Å². The van der Waals surface area contributed by atoms with E-state index in [2.05, 4.69) is 15.4 Å². The van der Waals surface area contributed by atoms with Crippen molar-refractivity contribution in [3.63, 3.8) is 0 Å². The number of carbonyl (C=O) groups excluding carboxylic acids is 1. The number of anilines is 2. The number of aromatic nitrogens is 3. The third-order valence-corrected chi connectivity index (χ3v) is 2.01. The van der Waals surface area contributed by atoms with E-state index in [1.807, 2.05) is 0 Å². The Bertz CT molecular complexity index is 539. The molecule has 0 spiro atoms. The fourth-order valence-electron chi connectivity index (χ4n) is 1.28. The van der Waals surface area contributed by atoms with Gasteiger partial charge in [0.2, 0.25) is 5.91 Å². The maximum absolute atomic E-state index is 13.2. The molecule has 0 radical (unpaired) electrons. The molecule has 2 rings (SSSR count). The minimum atomic E-state index is -0.583. The molecule has 1 amide bonds. The van der Waals surface area contributed by atoms with Gasteiger partial charge in [-0.25, -0.2) is 4.39 Å². The zero-order valence-corrected chi connectivity index (χ0v) is 8.80. The Morgan fingerprint density at radius 1 is 1.53 bits per heavy atom. The third-order valence-electron chi connectivity index (χ3n) is 2.01. The van der Waals surface area contributed by atoms with Crippen LogP contribution in [0.4, 0.5) is 15.8 Å². The lowest BCUT2D eigenvalue weighted by Crippen LogP contribution is -2.19. The van der Waals surface area contributed by atoms with Crippen molar-refractivity contribution in [2.75, 3.05) is 11.1 Å². The van der Waals surface area contributed by atoms with Gasteiger partial charge >= 0.3 is 0 Å². The highest BCUT2D eigenvalue weighted by Crippen LogP contribution is 2.10. The number of nitrogens with two attached hydrogens (primary N) is 1. The molecule has 0 aromatic carbocycles. The van der Waals surface area contributed by atoms with E-state index in [0.717, 1.165) is 6.20 Å². The summed E-state index contributed by atoms with van der Waals surface area (Å²) in [4.78, 5) is 15.1. The van der Waals surface area contributed by atoms with Crippen molar-refractivity contribution in [2.45, 2.75) is 6.54 Å². The number of hydrogen-bond donors (Lipinski definition) is 2. The minimum Gasteiger partial charge on any atom is -0.396 e. The smallest absolute Gasteiger partial charge is 0.246 e. The first-order valence-electron chi connectivity index (χ1n) is 4.82. The van der Waals surface area contributed by atoms with Crippen molar-refractivity contribution in [2.24, 2.45) is 0 Å². The minimum absolute atomic E-state index is 0.0288. The second-order valence-corrected chi connectivity index (χ2v) is 3.37. The Kier molecular flexibility index (Phi) is 2.99. The summed E-state index contributed by atoms with van der Waals surface area (Å²) in [7, 11) is 0. The fourth-order valence-corrected chi connectivity index (χ4v) is 1.28. The molecule has 6 nitrogen and oxygen atoms in total. The van der Waals surface area contributed by atoms with Gasteiger partial charge in [0.1, 0.15) is 6.54 Å². The van der Waals surface area contributed by atoms with Crippen molar-refractivity contribution < 1.29 is 9.18 Å². The van der Waals surface area contributed by atoms with Gasteiger partial charge in [0.25, 0.3) is 0 Å². The number of nitrogens with one attached hydrogen (secondary N) is 1. The topological polar surface area (TPSA) is 85.8 Å². The molecule has 88 valence electrons. The van der Waals surface area contributed by atoms with Crippen LogP contribution >= 0.6 is 0 Å². The predicted molar refractivity (Wildman–Crippen MR) is 59.5 cm³/mol. The quantitative estimate of drug-likeness (QED) is 0.817. The van der Waals surface area contributed by atoms with E-state index in [1.165, 1.54) is 29.3 Å². The summed E-state index contributed by atoms with van der Waals surface area (Å²) in [5.74, 6) is -0.973. The van der Waals surface area contributed by atoms with Gasteiger partial charge in [-0.05, 0) is 6.07 Å². The standard InChI is InChI=1S/C10H10FN5O/c11-8-4-13-2-1-9(8)15-10(17)6-16-5-7(12)3-14-16/h1-5H,6,12H2,(H,13,15,17). The van der Waals surface area contributed by atoms with Crippen LogP contribution in [0.15, 0.2) is 30.9 Å². The number of pyridine rings is 1. The van der Waals surface area contributed by atoms with E-state index in [0.29, 0.717) is 5.69 Å². The molecule has 0 unspecified atom stereocenters. The summed E-state index contributed by atoms with van der Waals surface area (Å²) in [6.07, 6.45) is 5.37. The highest BCUT2D eigenvalue weighted by atomic mass is 19.1. The first-order valence-corrected chi connectivity index (χ1v) is 4.82. The number of hydrogen-bond acceptors (Lipinski definition) is 4. The molecular weight excluding hydrogens is 225 g/mol. The van der Waals surface area contributed by atoms with Gasteiger partial charge in [-0.3, -0.25) is 14.5 Å². The van der Waals surface area contributed by atoms with Crippen LogP contribution in [0.3, 0.4) is 0 Å². The molecule has 2 aromatic rings. The predicted octanol–water partition coefficient (Wildman–Crippen LogP) is 0.638. The second kappa shape index (κ2) is 4.60. The molecule has 17 heavy (non-hydrogen) atoms. The van der Waals surface area contributed by atoms with Crippen LogP contribution in [0.2, 0.25) is 0 Å². The monoisotopic (exact) mass is 235 g/mol. The molecule has 7 heteroatoms. The summed E-state index contributed by atoms with van der Waals surface area (Å²) in [5, 5.41) is 6.26. The van der Waals surface area contributed by atoms with Gasteiger partial charge < -0.3 is 11.1 Å². The molecular formula is C10H10FN5O. The van der Waals surface area contributed by atoms with Crippen molar-refractivity contribution in [1.29, 1.82) is 0 Å². The fraction of sp³-hybridized carbons (Fsp3) is 0.100. The number of nitrogens with zero attached hydrogens (tertiary/aromatic N) is 3. The number of rotatable bonds is 3. The Labute approximate surface area is 96.3 Å². The van der Waals surface area contributed by atoms with E-state index in [4.69, 9.17) is 5.73 Å². The zero-order chi connectivity index (χ0) is 12.3. The van der Waals surface area contributed by atoms with Crippen LogP contribution in [0.25, 0.3) is 0 Å². The summed E-state index contributed by atoms with van der Waals surface area (Å²) >= 11 is 0. The van der Waals surface area contributed by atoms with Crippen molar-refractivity contribution in [3.8, 4) is 0 Å². The van der Waals surface area contributed by atoms with Crippen LogP contribution in [0.5, 0.6) is 0 Å². The van der Waals surface area contributed by atoms with Crippen LogP contribution in [-0.4, -0.2) is 20.7 Å². The molecule has 0 saturated heterocycles. The molecule has 2 heterocycles. The number of nitrogen functional groups attached to an aromatic ring is 1. The van der Waals surface area contributed by atoms with E-state index in [1.54, 1.807) is 0 Å². The summed E-state index contributed by atoms with van der Waals surface area (Å²) in [6.45, 7) is -0.0288. The Balaban J connectivity index is 2.01. The first-order chi connectivity index (χ1) is 8.15. The van der Waals surface area contributed by atoms with Gasteiger partial charge in [-0.15, -0.1) is 0 Å². The number of halogens is 1. The molecule has 0 bridgehead atoms. The Morgan fingerprint density at radius 2 is 2.35 bits per heavy atom. The number of carbonyl (C=O) groups is 1. The third kappa shape index (κ3) is 2.77. The van der Waals surface area contributed by atoms with E-state index in [9.17, 15) is 9.18 Å². The van der Waals surface area contributed by atoms with E-state index < -0.39 is 11.7 Å². The van der Waals surface area contributed by atoms with Crippen molar-refractivity contribution >= 4 is 17.3 Å². The summed E-state index contributed by atoms with van der Waals surface area (Å²) in [6, 6.07) is 1.38. The molecule has 0 aliphatic carbocycles.